The van der Waals surface area contributed by atoms with Crippen molar-refractivity contribution in [2.75, 3.05) is 11.8 Å². The number of nitrogens with zero attached hydrogens (tertiary/aromatic N) is 1. The topological polar surface area (TPSA) is 51.2 Å². The summed E-state index contributed by atoms with van der Waals surface area (Å²) in [4.78, 5) is 4.05. The molecule has 100 valence electrons. The Morgan fingerprint density at radius 3 is 2.79 bits per heavy atom. The number of halogens is 1. The molecule has 6 heteroatoms. The van der Waals surface area contributed by atoms with Gasteiger partial charge in [-0.2, -0.15) is 0 Å². The van der Waals surface area contributed by atoms with Gasteiger partial charge in [-0.25, -0.2) is 4.98 Å². The second-order valence-electron chi connectivity index (χ2n) is 4.20. The van der Waals surface area contributed by atoms with E-state index in [2.05, 4.69) is 10.1 Å². The summed E-state index contributed by atoms with van der Waals surface area (Å²) >= 11 is 6.02. The van der Waals surface area contributed by atoms with Crippen LogP contribution < -0.4 is 9.61 Å². The van der Waals surface area contributed by atoms with Gasteiger partial charge in [0.15, 0.2) is 0 Å². The Kier molecular flexibility index (Phi) is 4.13. The largest absolute Gasteiger partial charge is 0.427 e. The summed E-state index contributed by atoms with van der Waals surface area (Å²) in [6, 6.07) is 10.6. The van der Waals surface area contributed by atoms with Crippen LogP contribution in [0.15, 0.2) is 42.6 Å². The molecule has 0 aliphatic heterocycles. The average Bonchev–Trinajstić information content (AvgIpc) is 2.34. The predicted molar refractivity (Wildman–Crippen MR) is 78.2 cm³/mol. The first-order valence-electron chi connectivity index (χ1n) is 5.69. The lowest BCUT2D eigenvalue weighted by molar-refractivity contribution is 0.493. The summed E-state index contributed by atoms with van der Waals surface area (Å²) in [5.74, 6) is 0.896. The highest BCUT2D eigenvalue weighted by molar-refractivity contribution is 7.60. The van der Waals surface area contributed by atoms with Crippen molar-refractivity contribution < 1.29 is 9.09 Å². The predicted octanol–water partition coefficient (Wildman–Crippen LogP) is 4.36. The van der Waals surface area contributed by atoms with Gasteiger partial charge < -0.3 is 4.52 Å². The molecule has 1 N–H and O–H groups in total. The van der Waals surface area contributed by atoms with E-state index in [4.69, 9.17) is 16.1 Å². The van der Waals surface area contributed by atoms with Crippen molar-refractivity contribution in [2.45, 2.75) is 6.92 Å². The number of anilines is 1. The lowest BCUT2D eigenvalue weighted by Crippen LogP contribution is -2.03. The third-order valence-corrected chi connectivity index (χ3v) is 3.83. The number of rotatable bonds is 4. The summed E-state index contributed by atoms with van der Waals surface area (Å²) < 4.78 is 17.9. The summed E-state index contributed by atoms with van der Waals surface area (Å²) in [6.07, 6.45) is 1.61. The van der Waals surface area contributed by atoms with Crippen molar-refractivity contribution in [3.05, 3.63) is 53.2 Å². The third kappa shape index (κ3) is 3.98. The Bertz CT molecular complexity index is 619. The van der Waals surface area contributed by atoms with Gasteiger partial charge in [0.05, 0.1) is 5.02 Å². The number of hydrogen-bond donors (Lipinski definition) is 1. The summed E-state index contributed by atoms with van der Waals surface area (Å²) in [7, 11) is -3.08. The molecule has 1 aromatic heterocycles. The molecule has 19 heavy (non-hydrogen) atoms. The molecule has 0 amide bonds. The molecule has 0 aliphatic carbocycles. The number of pyridine rings is 1. The molecule has 0 radical (unpaired) electrons. The van der Waals surface area contributed by atoms with E-state index in [-0.39, 0.29) is 0 Å². The highest BCUT2D eigenvalue weighted by atomic mass is 35.5. The molecular formula is C13H14ClN2O2P. The molecule has 0 saturated carbocycles. The van der Waals surface area contributed by atoms with Gasteiger partial charge in [0.1, 0.15) is 11.6 Å². The fraction of sp³-hybridized carbons (Fsp3) is 0.154. The van der Waals surface area contributed by atoms with Crippen LogP contribution in [0.3, 0.4) is 0 Å². The first-order chi connectivity index (χ1) is 8.96. The van der Waals surface area contributed by atoms with E-state index in [1.165, 1.54) is 6.66 Å². The van der Waals surface area contributed by atoms with Crippen molar-refractivity contribution in [1.82, 2.24) is 4.98 Å². The Morgan fingerprint density at radius 1 is 1.32 bits per heavy atom. The van der Waals surface area contributed by atoms with E-state index < -0.39 is 7.52 Å². The first kappa shape index (κ1) is 13.9. The van der Waals surface area contributed by atoms with E-state index in [1.807, 2.05) is 13.0 Å². The zero-order chi connectivity index (χ0) is 13.9. The van der Waals surface area contributed by atoms with Gasteiger partial charge in [-0.3, -0.25) is 9.65 Å². The SMILES string of the molecule is Cc1ccc(Cl)c(O[P@](C)(=O)Nc2ccccn2)c1. The molecule has 0 aliphatic rings. The number of aryl methyl sites for hydroxylation is 1. The monoisotopic (exact) mass is 296 g/mol. The van der Waals surface area contributed by atoms with Gasteiger partial charge in [-0.15, -0.1) is 0 Å². The van der Waals surface area contributed by atoms with Gasteiger partial charge in [0, 0.05) is 12.9 Å². The van der Waals surface area contributed by atoms with Crippen LogP contribution in [0.1, 0.15) is 5.56 Å². The van der Waals surface area contributed by atoms with Gasteiger partial charge >= 0.3 is 7.52 Å². The zero-order valence-electron chi connectivity index (χ0n) is 10.6. The van der Waals surface area contributed by atoms with Crippen LogP contribution in [0.4, 0.5) is 5.82 Å². The quantitative estimate of drug-likeness (QED) is 0.852. The van der Waals surface area contributed by atoms with E-state index >= 15 is 0 Å². The fourth-order valence-electron chi connectivity index (χ4n) is 1.53. The van der Waals surface area contributed by atoms with Crippen molar-refractivity contribution in [3.63, 3.8) is 0 Å². The summed E-state index contributed by atoms with van der Waals surface area (Å²) in [6.45, 7) is 3.40. The molecule has 2 aromatic rings. The van der Waals surface area contributed by atoms with Gasteiger partial charge in [-0.05, 0) is 36.8 Å². The van der Waals surface area contributed by atoms with E-state index in [9.17, 15) is 4.57 Å². The Morgan fingerprint density at radius 2 is 2.11 bits per heavy atom. The number of aromatic nitrogens is 1. The summed E-state index contributed by atoms with van der Waals surface area (Å²) in [5.41, 5.74) is 0.984. The van der Waals surface area contributed by atoms with Crippen LogP contribution in [-0.4, -0.2) is 11.6 Å². The first-order valence-corrected chi connectivity index (χ1v) is 8.14. The molecule has 4 nitrogen and oxygen atoms in total. The standard InChI is InChI=1S/C13H14ClN2O2P/c1-10-6-7-11(14)12(9-10)18-19(2,17)16-13-5-3-4-8-15-13/h3-9H,1-2H3,(H,15,16,17)/t19-/m0/s1. The molecule has 0 bridgehead atoms. The van der Waals surface area contributed by atoms with Crippen LogP contribution in [-0.2, 0) is 4.57 Å². The fourth-order valence-corrected chi connectivity index (χ4v) is 2.86. The maximum atomic E-state index is 12.4. The Labute approximate surface area is 117 Å². The van der Waals surface area contributed by atoms with Gasteiger partial charge in [0.2, 0.25) is 0 Å². The molecule has 1 aromatic carbocycles. The maximum absolute atomic E-state index is 12.4. The van der Waals surface area contributed by atoms with Crippen LogP contribution in [0.25, 0.3) is 0 Å². The van der Waals surface area contributed by atoms with E-state index in [0.29, 0.717) is 16.6 Å². The zero-order valence-corrected chi connectivity index (χ0v) is 12.3. The average molecular weight is 297 g/mol. The van der Waals surface area contributed by atoms with Crippen molar-refractivity contribution in [1.29, 1.82) is 0 Å². The number of nitrogens with one attached hydrogen (secondary N) is 1. The maximum Gasteiger partial charge on any atom is 0.339 e. The second-order valence-corrected chi connectivity index (χ2v) is 6.70. The minimum atomic E-state index is -3.08. The number of benzene rings is 1. The Hall–Kier alpha value is -1.51. The van der Waals surface area contributed by atoms with Crippen LogP contribution >= 0.6 is 19.1 Å². The smallest absolute Gasteiger partial charge is 0.339 e. The van der Waals surface area contributed by atoms with Crippen LogP contribution in [0.5, 0.6) is 5.75 Å². The summed E-state index contributed by atoms with van der Waals surface area (Å²) in [5, 5.41) is 3.20. The van der Waals surface area contributed by atoms with Crippen molar-refractivity contribution >= 4 is 24.9 Å². The second kappa shape index (κ2) is 5.64. The normalized spacial score (nSPS) is 13.6. The Balaban J connectivity index is 2.17. The highest BCUT2D eigenvalue weighted by Crippen LogP contribution is 2.44. The lowest BCUT2D eigenvalue weighted by Gasteiger charge is -2.17. The molecule has 2 rings (SSSR count). The lowest BCUT2D eigenvalue weighted by atomic mass is 10.2. The van der Waals surface area contributed by atoms with Crippen LogP contribution in [0.2, 0.25) is 5.02 Å². The molecule has 0 spiro atoms. The third-order valence-electron chi connectivity index (χ3n) is 2.34. The molecule has 1 atom stereocenters. The number of hydrogen-bond acceptors (Lipinski definition) is 3. The van der Waals surface area contributed by atoms with Crippen LogP contribution in [0, 0.1) is 6.92 Å². The minimum absolute atomic E-state index is 0.399. The van der Waals surface area contributed by atoms with Gasteiger partial charge in [0.25, 0.3) is 0 Å². The van der Waals surface area contributed by atoms with E-state index in [0.717, 1.165) is 5.56 Å². The highest BCUT2D eigenvalue weighted by Gasteiger charge is 2.19. The molecule has 0 unspecified atom stereocenters. The van der Waals surface area contributed by atoms with Crippen molar-refractivity contribution in [3.8, 4) is 5.75 Å². The van der Waals surface area contributed by atoms with Gasteiger partial charge in [-0.1, -0.05) is 23.7 Å². The van der Waals surface area contributed by atoms with E-state index in [1.54, 1.807) is 36.5 Å². The molecule has 0 fully saturated rings. The van der Waals surface area contributed by atoms with Crippen molar-refractivity contribution in [2.24, 2.45) is 0 Å². The molecule has 0 saturated heterocycles. The molecule has 1 heterocycles. The molecular weight excluding hydrogens is 283 g/mol. The minimum Gasteiger partial charge on any atom is -0.427 e.